The van der Waals surface area contributed by atoms with Gasteiger partial charge in [-0.2, -0.15) is 0 Å². The van der Waals surface area contributed by atoms with Gasteiger partial charge in [-0.1, -0.05) is 54.2 Å². The Bertz CT molecular complexity index is 455. The maximum Gasteiger partial charge on any atom is 0.0122 e. The molecule has 0 aliphatic rings. The van der Waals surface area contributed by atoms with Gasteiger partial charge in [0.15, 0.2) is 0 Å². The van der Waals surface area contributed by atoms with E-state index in [0.717, 1.165) is 0 Å². The van der Waals surface area contributed by atoms with E-state index in [-0.39, 0.29) is 0 Å². The molecule has 0 aliphatic heterocycles. The molecule has 0 bridgehead atoms. The number of allylic oxidation sites excluding steroid dienone is 1. The third kappa shape index (κ3) is 3.01. The molecule has 0 radical (unpaired) electrons. The van der Waals surface area contributed by atoms with Gasteiger partial charge in [0.25, 0.3) is 0 Å². The van der Waals surface area contributed by atoms with E-state index in [1.807, 2.05) is 13.0 Å². The summed E-state index contributed by atoms with van der Waals surface area (Å²) < 4.78 is 0. The highest BCUT2D eigenvalue weighted by Gasteiger charge is 1.95. The molecule has 0 atom stereocenters. The van der Waals surface area contributed by atoms with Crippen LogP contribution in [0.3, 0.4) is 0 Å². The summed E-state index contributed by atoms with van der Waals surface area (Å²) in [4.78, 5) is 2.56. The first-order valence-corrected chi connectivity index (χ1v) is 6.16. The molecule has 0 unspecified atom stereocenters. The Balaban J connectivity index is 2.11. The Morgan fingerprint density at radius 3 is 2.06 bits per heavy atom. The molecule has 0 saturated carbocycles. The van der Waals surface area contributed by atoms with Crippen LogP contribution in [0.25, 0.3) is 6.08 Å². The Morgan fingerprint density at radius 1 is 0.812 bits per heavy atom. The first-order valence-electron chi connectivity index (χ1n) is 5.34. The number of rotatable bonds is 3. The molecule has 80 valence electrons. The Labute approximate surface area is 101 Å². The summed E-state index contributed by atoms with van der Waals surface area (Å²) in [6.45, 7) is 2.03. The van der Waals surface area contributed by atoms with Crippen LogP contribution < -0.4 is 0 Å². The van der Waals surface area contributed by atoms with E-state index in [1.165, 1.54) is 15.4 Å². The van der Waals surface area contributed by atoms with Gasteiger partial charge < -0.3 is 0 Å². The minimum Gasteiger partial charge on any atom is -0.0901 e. The molecule has 0 amide bonds. The van der Waals surface area contributed by atoms with E-state index < -0.39 is 0 Å². The number of hydrogen-bond donors (Lipinski definition) is 0. The standard InChI is InChI=1S/C15H14S/c1-2-6-13-9-11-15(12-10-13)16-14-7-4-3-5-8-14/h2-12H,1H3. The summed E-state index contributed by atoms with van der Waals surface area (Å²) in [6.07, 6.45) is 4.16. The van der Waals surface area contributed by atoms with Crippen molar-refractivity contribution in [1.29, 1.82) is 0 Å². The van der Waals surface area contributed by atoms with Crippen LogP contribution in [0, 0.1) is 0 Å². The fraction of sp³-hybridized carbons (Fsp3) is 0.0667. The van der Waals surface area contributed by atoms with Crippen molar-refractivity contribution < 1.29 is 0 Å². The van der Waals surface area contributed by atoms with Crippen molar-refractivity contribution in [2.24, 2.45) is 0 Å². The second-order valence-corrected chi connectivity index (χ2v) is 4.63. The van der Waals surface area contributed by atoms with Gasteiger partial charge in [-0.05, 0) is 36.8 Å². The monoisotopic (exact) mass is 226 g/mol. The second-order valence-electron chi connectivity index (χ2n) is 3.48. The summed E-state index contributed by atoms with van der Waals surface area (Å²) in [7, 11) is 0. The van der Waals surface area contributed by atoms with E-state index in [2.05, 4.69) is 60.7 Å². The second kappa shape index (κ2) is 5.57. The lowest BCUT2D eigenvalue weighted by molar-refractivity contribution is 1.40. The summed E-state index contributed by atoms with van der Waals surface area (Å²) in [6, 6.07) is 19.0. The molecule has 0 nitrogen and oxygen atoms in total. The predicted molar refractivity (Wildman–Crippen MR) is 71.7 cm³/mol. The van der Waals surface area contributed by atoms with Crippen molar-refractivity contribution >= 4 is 17.8 Å². The topological polar surface area (TPSA) is 0 Å². The fourth-order valence-corrected chi connectivity index (χ4v) is 2.30. The van der Waals surface area contributed by atoms with E-state index >= 15 is 0 Å². The van der Waals surface area contributed by atoms with Crippen LogP contribution in [0.5, 0.6) is 0 Å². The average Bonchev–Trinajstić information content (AvgIpc) is 2.33. The molecule has 0 aromatic heterocycles. The summed E-state index contributed by atoms with van der Waals surface area (Å²) in [5.41, 5.74) is 1.25. The average molecular weight is 226 g/mol. The van der Waals surface area contributed by atoms with Crippen LogP contribution in [0.1, 0.15) is 12.5 Å². The lowest BCUT2D eigenvalue weighted by Crippen LogP contribution is -1.74. The zero-order valence-electron chi connectivity index (χ0n) is 9.26. The van der Waals surface area contributed by atoms with E-state index in [9.17, 15) is 0 Å². The number of hydrogen-bond acceptors (Lipinski definition) is 1. The van der Waals surface area contributed by atoms with E-state index in [1.54, 1.807) is 11.8 Å². The lowest BCUT2D eigenvalue weighted by Gasteiger charge is -2.01. The first-order chi connectivity index (χ1) is 7.88. The van der Waals surface area contributed by atoms with E-state index in [0.29, 0.717) is 0 Å². The molecule has 0 fully saturated rings. The predicted octanol–water partition coefficient (Wildman–Crippen LogP) is 4.87. The summed E-state index contributed by atoms with van der Waals surface area (Å²) in [5, 5.41) is 0. The molecule has 0 heterocycles. The van der Waals surface area contributed by atoms with Gasteiger partial charge in [0.05, 0.1) is 0 Å². The van der Waals surface area contributed by atoms with Crippen LogP contribution in [-0.2, 0) is 0 Å². The molecular weight excluding hydrogens is 212 g/mol. The van der Waals surface area contributed by atoms with Crippen molar-refractivity contribution in [2.45, 2.75) is 16.7 Å². The molecule has 16 heavy (non-hydrogen) atoms. The number of benzene rings is 2. The zero-order valence-corrected chi connectivity index (χ0v) is 10.1. The molecular formula is C15H14S. The summed E-state index contributed by atoms with van der Waals surface area (Å²) in [5.74, 6) is 0. The lowest BCUT2D eigenvalue weighted by atomic mass is 10.2. The third-order valence-corrected chi connectivity index (χ3v) is 3.23. The largest absolute Gasteiger partial charge is 0.0901 e. The highest BCUT2D eigenvalue weighted by Crippen LogP contribution is 2.27. The SMILES string of the molecule is CC=Cc1ccc(Sc2ccccc2)cc1. The van der Waals surface area contributed by atoms with Crippen LogP contribution in [-0.4, -0.2) is 0 Å². The fourth-order valence-electron chi connectivity index (χ4n) is 1.46. The minimum atomic E-state index is 1.25. The normalized spacial score (nSPS) is 10.8. The maximum absolute atomic E-state index is 2.16. The summed E-state index contributed by atoms with van der Waals surface area (Å²) >= 11 is 1.79. The molecule has 1 heteroatoms. The highest BCUT2D eigenvalue weighted by molar-refractivity contribution is 7.99. The molecule has 0 N–H and O–H groups in total. The van der Waals surface area contributed by atoms with Crippen molar-refractivity contribution in [1.82, 2.24) is 0 Å². The van der Waals surface area contributed by atoms with Crippen molar-refractivity contribution in [3.8, 4) is 0 Å². The van der Waals surface area contributed by atoms with Gasteiger partial charge in [-0.3, -0.25) is 0 Å². The van der Waals surface area contributed by atoms with E-state index in [4.69, 9.17) is 0 Å². The zero-order chi connectivity index (χ0) is 11.2. The third-order valence-electron chi connectivity index (χ3n) is 2.22. The van der Waals surface area contributed by atoms with Gasteiger partial charge in [0.2, 0.25) is 0 Å². The molecule has 0 spiro atoms. The first kappa shape index (κ1) is 11.0. The molecule has 2 aromatic carbocycles. The molecule has 0 saturated heterocycles. The van der Waals surface area contributed by atoms with Crippen LogP contribution in [0.15, 0.2) is 70.5 Å². The van der Waals surface area contributed by atoms with Crippen LogP contribution in [0.4, 0.5) is 0 Å². The highest BCUT2D eigenvalue weighted by atomic mass is 32.2. The maximum atomic E-state index is 2.16. The molecule has 2 aromatic rings. The van der Waals surface area contributed by atoms with Gasteiger partial charge in [-0.25, -0.2) is 0 Å². The Kier molecular flexibility index (Phi) is 3.84. The Hall–Kier alpha value is -1.47. The van der Waals surface area contributed by atoms with Crippen LogP contribution in [0.2, 0.25) is 0 Å². The van der Waals surface area contributed by atoms with Gasteiger partial charge in [0, 0.05) is 9.79 Å². The van der Waals surface area contributed by atoms with Gasteiger partial charge in [-0.15, -0.1) is 0 Å². The Morgan fingerprint density at radius 2 is 1.44 bits per heavy atom. The van der Waals surface area contributed by atoms with Crippen molar-refractivity contribution in [3.63, 3.8) is 0 Å². The van der Waals surface area contributed by atoms with Crippen LogP contribution >= 0.6 is 11.8 Å². The minimum absolute atomic E-state index is 1.25. The smallest absolute Gasteiger partial charge is 0.0122 e. The van der Waals surface area contributed by atoms with Crippen molar-refractivity contribution in [3.05, 3.63) is 66.2 Å². The molecule has 0 aliphatic carbocycles. The molecule has 2 rings (SSSR count). The van der Waals surface area contributed by atoms with Crippen molar-refractivity contribution in [2.75, 3.05) is 0 Å². The van der Waals surface area contributed by atoms with Gasteiger partial charge >= 0.3 is 0 Å². The quantitative estimate of drug-likeness (QED) is 0.719. The van der Waals surface area contributed by atoms with Gasteiger partial charge in [0.1, 0.15) is 0 Å².